The maximum atomic E-state index is 11.6. The van der Waals surface area contributed by atoms with Crippen LogP contribution in [-0.2, 0) is 4.74 Å². The van der Waals surface area contributed by atoms with Crippen LogP contribution in [0.3, 0.4) is 0 Å². The lowest BCUT2D eigenvalue weighted by atomic mass is 10.0. The molecule has 0 saturated carbocycles. The summed E-state index contributed by atoms with van der Waals surface area (Å²) in [6.07, 6.45) is 1.70. The molecule has 0 aromatic carbocycles. The molecule has 1 aromatic heterocycles. The van der Waals surface area contributed by atoms with E-state index in [2.05, 4.69) is 4.98 Å². The Labute approximate surface area is 92.7 Å². The average molecular weight is 225 g/mol. The van der Waals surface area contributed by atoms with E-state index in [-0.39, 0.29) is 30.7 Å². The molecule has 0 aliphatic carbocycles. The lowest BCUT2D eigenvalue weighted by Gasteiger charge is -2.14. The Morgan fingerprint density at radius 3 is 3.06 bits per heavy atom. The van der Waals surface area contributed by atoms with Gasteiger partial charge in [-0.15, -0.1) is 0 Å². The van der Waals surface area contributed by atoms with Crippen LogP contribution in [0.5, 0.6) is 0 Å². The van der Waals surface area contributed by atoms with Gasteiger partial charge in [0.2, 0.25) is 0 Å². The SMILES string of the molecule is C[C@@H]1C[C@H](n2ccc(N)nc2=O)O[C@@H]1CO. The van der Waals surface area contributed by atoms with Crippen LogP contribution in [-0.4, -0.2) is 27.4 Å². The van der Waals surface area contributed by atoms with Crippen molar-refractivity contribution in [2.24, 2.45) is 5.92 Å². The first kappa shape index (κ1) is 11.1. The second-order valence-electron chi connectivity index (χ2n) is 4.07. The first-order valence-electron chi connectivity index (χ1n) is 5.23. The summed E-state index contributed by atoms with van der Waals surface area (Å²) >= 11 is 0. The smallest absolute Gasteiger partial charge is 0.351 e. The van der Waals surface area contributed by atoms with E-state index in [1.54, 1.807) is 12.3 Å². The van der Waals surface area contributed by atoms with Gasteiger partial charge in [-0.3, -0.25) is 4.57 Å². The van der Waals surface area contributed by atoms with E-state index in [4.69, 9.17) is 15.6 Å². The Hall–Kier alpha value is -1.40. The monoisotopic (exact) mass is 225 g/mol. The van der Waals surface area contributed by atoms with E-state index in [1.807, 2.05) is 6.92 Å². The predicted molar refractivity (Wildman–Crippen MR) is 57.7 cm³/mol. The number of nitrogens with two attached hydrogens (primary N) is 1. The largest absolute Gasteiger partial charge is 0.394 e. The summed E-state index contributed by atoms with van der Waals surface area (Å²) in [5.41, 5.74) is 4.98. The van der Waals surface area contributed by atoms with Crippen LogP contribution >= 0.6 is 0 Å². The molecule has 1 aliphatic heterocycles. The zero-order valence-electron chi connectivity index (χ0n) is 9.04. The normalized spacial score (nSPS) is 29.5. The zero-order chi connectivity index (χ0) is 11.7. The third kappa shape index (κ3) is 1.94. The number of aromatic nitrogens is 2. The first-order chi connectivity index (χ1) is 7.61. The van der Waals surface area contributed by atoms with Crippen LogP contribution in [0.25, 0.3) is 0 Å². The summed E-state index contributed by atoms with van der Waals surface area (Å²) in [7, 11) is 0. The van der Waals surface area contributed by atoms with Gasteiger partial charge < -0.3 is 15.6 Å². The van der Waals surface area contributed by atoms with E-state index in [0.29, 0.717) is 6.42 Å². The van der Waals surface area contributed by atoms with Crippen LogP contribution in [0.15, 0.2) is 17.1 Å². The molecule has 0 amide bonds. The Morgan fingerprint density at radius 2 is 2.50 bits per heavy atom. The number of ether oxygens (including phenoxy) is 1. The Morgan fingerprint density at radius 1 is 1.75 bits per heavy atom. The van der Waals surface area contributed by atoms with Gasteiger partial charge in [0.15, 0.2) is 0 Å². The second-order valence-corrected chi connectivity index (χ2v) is 4.07. The van der Waals surface area contributed by atoms with Crippen LogP contribution in [0.1, 0.15) is 19.6 Å². The molecule has 0 unspecified atom stereocenters. The minimum atomic E-state index is -0.421. The minimum absolute atomic E-state index is 0.0329. The van der Waals surface area contributed by atoms with Gasteiger partial charge in [-0.2, -0.15) is 4.98 Å². The molecule has 88 valence electrons. The molecule has 0 radical (unpaired) electrons. The van der Waals surface area contributed by atoms with Crippen molar-refractivity contribution < 1.29 is 9.84 Å². The highest BCUT2D eigenvalue weighted by molar-refractivity contribution is 5.23. The van der Waals surface area contributed by atoms with Crippen LogP contribution in [0.2, 0.25) is 0 Å². The Balaban J connectivity index is 2.23. The lowest BCUT2D eigenvalue weighted by molar-refractivity contribution is -0.0312. The van der Waals surface area contributed by atoms with Crippen molar-refractivity contribution in [2.75, 3.05) is 12.3 Å². The van der Waals surface area contributed by atoms with Gasteiger partial charge in [0.1, 0.15) is 12.0 Å². The molecular weight excluding hydrogens is 210 g/mol. The molecule has 0 spiro atoms. The van der Waals surface area contributed by atoms with Gasteiger partial charge in [-0.1, -0.05) is 6.92 Å². The lowest BCUT2D eigenvalue weighted by Crippen LogP contribution is -2.27. The number of hydrogen-bond acceptors (Lipinski definition) is 5. The fourth-order valence-electron chi connectivity index (χ4n) is 1.91. The zero-order valence-corrected chi connectivity index (χ0v) is 9.04. The third-order valence-electron chi connectivity index (χ3n) is 2.88. The Bertz CT molecular complexity index is 432. The van der Waals surface area contributed by atoms with Crippen LogP contribution in [0.4, 0.5) is 5.82 Å². The molecule has 16 heavy (non-hydrogen) atoms. The first-order valence-corrected chi connectivity index (χ1v) is 5.23. The van der Waals surface area contributed by atoms with E-state index in [9.17, 15) is 4.79 Å². The number of hydrogen-bond donors (Lipinski definition) is 2. The van der Waals surface area contributed by atoms with Crippen molar-refractivity contribution in [1.82, 2.24) is 9.55 Å². The number of nitrogens with zero attached hydrogens (tertiary/aromatic N) is 2. The standard InChI is InChI=1S/C10H15N3O3/c1-6-4-9(16-7(6)5-14)13-3-2-8(11)12-10(13)15/h2-3,6-7,9,14H,4-5H2,1H3,(H2,11,12,15)/t6-,7-,9-/m1/s1. The van der Waals surface area contributed by atoms with Gasteiger partial charge in [-0.05, 0) is 18.4 Å². The van der Waals surface area contributed by atoms with Crippen LogP contribution in [0, 0.1) is 5.92 Å². The maximum Gasteiger partial charge on any atom is 0.351 e. The molecule has 1 fully saturated rings. The molecule has 6 nitrogen and oxygen atoms in total. The molecule has 1 saturated heterocycles. The minimum Gasteiger partial charge on any atom is -0.394 e. The molecule has 1 aromatic rings. The quantitative estimate of drug-likeness (QED) is 0.723. The maximum absolute atomic E-state index is 11.6. The van der Waals surface area contributed by atoms with E-state index in [0.717, 1.165) is 0 Å². The van der Waals surface area contributed by atoms with Crippen molar-refractivity contribution in [3.8, 4) is 0 Å². The summed E-state index contributed by atoms with van der Waals surface area (Å²) in [6.45, 7) is 1.95. The fraction of sp³-hybridized carbons (Fsp3) is 0.600. The summed E-state index contributed by atoms with van der Waals surface area (Å²) in [5, 5.41) is 9.07. The molecule has 3 atom stereocenters. The molecule has 2 heterocycles. The van der Waals surface area contributed by atoms with E-state index in [1.165, 1.54) is 4.57 Å². The summed E-state index contributed by atoms with van der Waals surface area (Å²) < 4.78 is 6.97. The van der Waals surface area contributed by atoms with E-state index >= 15 is 0 Å². The summed E-state index contributed by atoms with van der Waals surface area (Å²) in [5.74, 6) is 0.422. The number of rotatable bonds is 2. The number of aliphatic hydroxyl groups is 1. The molecule has 1 aliphatic rings. The van der Waals surface area contributed by atoms with E-state index < -0.39 is 5.69 Å². The molecule has 2 rings (SSSR count). The summed E-state index contributed by atoms with van der Waals surface area (Å²) in [6, 6.07) is 1.56. The van der Waals surface area contributed by atoms with Gasteiger partial charge in [0, 0.05) is 6.20 Å². The van der Waals surface area contributed by atoms with Crippen molar-refractivity contribution >= 4 is 5.82 Å². The van der Waals surface area contributed by atoms with Gasteiger partial charge in [0.25, 0.3) is 0 Å². The van der Waals surface area contributed by atoms with Crippen molar-refractivity contribution in [3.63, 3.8) is 0 Å². The molecule has 3 N–H and O–H groups in total. The topological polar surface area (TPSA) is 90.4 Å². The molecule has 6 heteroatoms. The van der Waals surface area contributed by atoms with Crippen molar-refractivity contribution in [1.29, 1.82) is 0 Å². The third-order valence-corrected chi connectivity index (χ3v) is 2.88. The van der Waals surface area contributed by atoms with Crippen molar-refractivity contribution in [3.05, 3.63) is 22.7 Å². The number of aliphatic hydroxyl groups excluding tert-OH is 1. The fourth-order valence-corrected chi connectivity index (χ4v) is 1.91. The van der Waals surface area contributed by atoms with Gasteiger partial charge in [-0.25, -0.2) is 4.79 Å². The highest BCUT2D eigenvalue weighted by Gasteiger charge is 2.33. The number of nitrogen functional groups attached to an aromatic ring is 1. The highest BCUT2D eigenvalue weighted by atomic mass is 16.5. The van der Waals surface area contributed by atoms with Gasteiger partial charge >= 0.3 is 5.69 Å². The summed E-state index contributed by atoms with van der Waals surface area (Å²) in [4.78, 5) is 15.2. The molecule has 0 bridgehead atoms. The predicted octanol–water partition coefficient (Wildman–Crippen LogP) is -0.259. The Kier molecular flexibility index (Phi) is 2.93. The van der Waals surface area contributed by atoms with Crippen LogP contribution < -0.4 is 11.4 Å². The second kappa shape index (κ2) is 4.23. The number of anilines is 1. The average Bonchev–Trinajstić information content (AvgIpc) is 2.59. The van der Waals surface area contributed by atoms with Crippen molar-refractivity contribution in [2.45, 2.75) is 25.7 Å². The molecular formula is C10H15N3O3. The highest BCUT2D eigenvalue weighted by Crippen LogP contribution is 2.31. The van der Waals surface area contributed by atoms with Gasteiger partial charge in [0.05, 0.1) is 12.7 Å².